The molecule has 0 aromatic heterocycles. The van der Waals surface area contributed by atoms with Crippen LogP contribution in [0.4, 0.5) is 0 Å². The first-order valence-corrected chi connectivity index (χ1v) is 14.2. The van der Waals surface area contributed by atoms with Gasteiger partial charge >= 0.3 is 11.9 Å². The molecule has 4 atom stereocenters. The Hall–Kier alpha value is -1.03. The Morgan fingerprint density at radius 2 is 1.90 bits per heavy atom. The summed E-state index contributed by atoms with van der Waals surface area (Å²) >= 11 is 6.83. The molecule has 0 radical (unpaired) electrons. The number of hydrogen-bond donors (Lipinski definition) is 0. The van der Waals surface area contributed by atoms with Gasteiger partial charge < -0.3 is 9.16 Å². The number of ether oxygens (including phenoxy) is 1. The molecule has 9 heteroatoms. The smallest absolute Gasteiger partial charge is 0.397 e. The third-order valence-corrected chi connectivity index (χ3v) is 12.0. The maximum absolute atomic E-state index is 12.9. The van der Waals surface area contributed by atoms with Crippen LogP contribution in [0.25, 0.3) is 0 Å². The second-order valence-electron chi connectivity index (χ2n) is 8.81. The maximum atomic E-state index is 12.9. The number of carbonyl (C=O) groups excluding carboxylic acids is 3. The number of hydrogen-bond acceptors (Lipinski definition) is 7. The van der Waals surface area contributed by atoms with Crippen LogP contribution in [-0.4, -0.2) is 60.2 Å². The first-order chi connectivity index (χ1) is 13.2. The van der Waals surface area contributed by atoms with Crippen LogP contribution in [0.15, 0.2) is 12.7 Å². The molecule has 0 aromatic rings. The average molecular weight is 460 g/mol. The molecule has 0 aliphatic carbocycles. The molecule has 0 N–H and O–H groups in total. The normalized spacial score (nSPS) is 21.8. The fourth-order valence-electron chi connectivity index (χ4n) is 3.12. The highest BCUT2D eigenvalue weighted by Gasteiger charge is 2.58. The molecule has 0 saturated carbocycles. The number of esters is 1. The number of β-lactam (4-membered cyclic amide) rings is 1. The molecule has 1 aliphatic rings. The van der Waals surface area contributed by atoms with E-state index in [0.29, 0.717) is 4.20 Å². The van der Waals surface area contributed by atoms with Gasteiger partial charge in [-0.25, -0.2) is 4.79 Å². The van der Waals surface area contributed by atoms with E-state index < -0.39 is 44.2 Å². The fourth-order valence-corrected chi connectivity index (χ4v) is 5.20. The predicted molar refractivity (Wildman–Crippen MR) is 123 cm³/mol. The van der Waals surface area contributed by atoms with Gasteiger partial charge in [0.1, 0.15) is 6.61 Å². The second-order valence-corrected chi connectivity index (χ2v) is 15.1. The van der Waals surface area contributed by atoms with E-state index >= 15 is 0 Å². The number of thiocarbonyl (C=S) groups is 1. The van der Waals surface area contributed by atoms with Crippen molar-refractivity contribution in [2.75, 3.05) is 12.9 Å². The van der Waals surface area contributed by atoms with E-state index in [0.717, 1.165) is 4.90 Å². The van der Waals surface area contributed by atoms with Gasteiger partial charge in [0.25, 0.3) is 0 Å². The van der Waals surface area contributed by atoms with Crippen molar-refractivity contribution in [2.45, 2.75) is 64.9 Å². The van der Waals surface area contributed by atoms with Crippen LogP contribution in [0.2, 0.25) is 18.1 Å². The predicted octanol–water partition coefficient (Wildman–Crippen LogP) is 3.81. The Morgan fingerprint density at radius 1 is 1.34 bits per heavy atom. The molecule has 0 aromatic carbocycles. The number of thioether (sulfide) groups is 1. The van der Waals surface area contributed by atoms with Crippen molar-refractivity contribution in [1.82, 2.24) is 4.90 Å². The van der Waals surface area contributed by atoms with Crippen LogP contribution >= 0.6 is 24.0 Å². The monoisotopic (exact) mass is 459 g/mol. The van der Waals surface area contributed by atoms with E-state index in [1.807, 2.05) is 20.1 Å². The van der Waals surface area contributed by atoms with Crippen molar-refractivity contribution in [3.8, 4) is 0 Å². The van der Waals surface area contributed by atoms with Crippen molar-refractivity contribution >= 4 is 54.3 Å². The Bertz CT molecular complexity index is 689. The van der Waals surface area contributed by atoms with Crippen molar-refractivity contribution < 1.29 is 23.5 Å². The van der Waals surface area contributed by atoms with Gasteiger partial charge in [0.15, 0.2) is 8.32 Å². The van der Waals surface area contributed by atoms with Gasteiger partial charge in [-0.3, -0.25) is 14.5 Å². The molecule has 164 valence electrons. The van der Waals surface area contributed by atoms with Crippen LogP contribution in [0.1, 0.15) is 34.6 Å². The standard InChI is InChI=1S/C20H33NO5S2Si/c1-10-11-25-18(24)17(23)21-15(12(2)19(27)28-7)14(16(21)22)13(3)26-29(8,9)20(4,5)6/h10,12-15H,1,11H2,2-9H3/t12-,13-,14-,15-/m1/s1. The number of nitrogens with zero attached hydrogens (tertiary/aromatic N) is 1. The summed E-state index contributed by atoms with van der Waals surface area (Å²) < 4.78 is 11.9. The molecule has 0 spiro atoms. The lowest BCUT2D eigenvalue weighted by atomic mass is 9.77. The lowest BCUT2D eigenvalue weighted by Gasteiger charge is -2.51. The number of amides is 2. The maximum Gasteiger partial charge on any atom is 0.397 e. The van der Waals surface area contributed by atoms with Gasteiger partial charge in [-0.15, -0.1) is 11.8 Å². The molecule has 29 heavy (non-hydrogen) atoms. The van der Waals surface area contributed by atoms with Crippen LogP contribution in [0, 0.1) is 11.8 Å². The summed E-state index contributed by atoms with van der Waals surface area (Å²) in [6.45, 7) is 17.7. The van der Waals surface area contributed by atoms with E-state index in [1.54, 1.807) is 0 Å². The molecule has 1 rings (SSSR count). The highest BCUT2D eigenvalue weighted by molar-refractivity contribution is 8.22. The third kappa shape index (κ3) is 5.56. The van der Waals surface area contributed by atoms with Crippen molar-refractivity contribution in [3.63, 3.8) is 0 Å². The van der Waals surface area contributed by atoms with Gasteiger partial charge in [-0.2, -0.15) is 0 Å². The quantitative estimate of drug-likeness (QED) is 0.143. The SMILES string of the molecule is C=CCOC(=O)C(=O)N1C(=O)[C@H]([C@@H](C)O[Si](C)(C)C(C)(C)C)[C@H]1[C@@H](C)C(=S)SC. The summed E-state index contributed by atoms with van der Waals surface area (Å²) in [5.74, 6) is -3.25. The van der Waals surface area contributed by atoms with Crippen LogP contribution in [0.5, 0.6) is 0 Å². The zero-order valence-electron chi connectivity index (χ0n) is 18.6. The Kier molecular flexibility index (Phi) is 8.83. The third-order valence-electron chi connectivity index (χ3n) is 5.79. The Labute approximate surface area is 184 Å². The summed E-state index contributed by atoms with van der Waals surface area (Å²) in [5.41, 5.74) is 0. The molecule has 6 nitrogen and oxygen atoms in total. The van der Waals surface area contributed by atoms with Crippen LogP contribution in [0.3, 0.4) is 0 Å². The lowest BCUT2D eigenvalue weighted by molar-refractivity contribution is -0.180. The number of carbonyl (C=O) groups is 3. The molecular weight excluding hydrogens is 426 g/mol. The summed E-state index contributed by atoms with van der Waals surface area (Å²) in [6.07, 6.45) is 2.83. The number of rotatable bonds is 7. The summed E-state index contributed by atoms with van der Waals surface area (Å²) in [5, 5.41) is -0.0201. The van der Waals surface area contributed by atoms with E-state index in [4.69, 9.17) is 21.4 Å². The molecule has 0 unspecified atom stereocenters. The lowest BCUT2D eigenvalue weighted by Crippen LogP contribution is -2.70. The van der Waals surface area contributed by atoms with E-state index in [1.165, 1.54) is 17.8 Å². The van der Waals surface area contributed by atoms with E-state index in [-0.39, 0.29) is 17.6 Å². The van der Waals surface area contributed by atoms with Gasteiger partial charge in [-0.1, -0.05) is 52.6 Å². The van der Waals surface area contributed by atoms with Gasteiger partial charge in [0.05, 0.1) is 22.3 Å². The molecule has 1 fully saturated rings. The van der Waals surface area contributed by atoms with Crippen molar-refractivity contribution in [2.24, 2.45) is 11.8 Å². The Balaban J connectivity index is 3.16. The van der Waals surface area contributed by atoms with Gasteiger partial charge in [-0.05, 0) is 31.3 Å². The molecular formula is C20H33NO5S2Si. The van der Waals surface area contributed by atoms with Crippen molar-refractivity contribution in [1.29, 1.82) is 0 Å². The van der Waals surface area contributed by atoms with Crippen molar-refractivity contribution in [3.05, 3.63) is 12.7 Å². The summed E-state index contributed by atoms with van der Waals surface area (Å²) in [4.78, 5) is 38.6. The first-order valence-electron chi connectivity index (χ1n) is 9.62. The zero-order valence-corrected chi connectivity index (χ0v) is 21.2. The minimum Gasteiger partial charge on any atom is -0.454 e. The highest BCUT2D eigenvalue weighted by Crippen LogP contribution is 2.42. The van der Waals surface area contributed by atoms with E-state index in [9.17, 15) is 14.4 Å². The zero-order chi connectivity index (χ0) is 22.7. The van der Waals surface area contributed by atoms with Gasteiger partial charge in [0, 0.05) is 5.92 Å². The van der Waals surface area contributed by atoms with Crippen LogP contribution < -0.4 is 0 Å². The Morgan fingerprint density at radius 3 is 2.34 bits per heavy atom. The van der Waals surface area contributed by atoms with E-state index in [2.05, 4.69) is 40.4 Å². The molecule has 1 aliphatic heterocycles. The van der Waals surface area contributed by atoms with Gasteiger partial charge in [0.2, 0.25) is 5.91 Å². The molecule has 2 amide bonds. The molecule has 0 bridgehead atoms. The summed E-state index contributed by atoms with van der Waals surface area (Å²) in [7, 11) is -2.13. The molecule has 1 saturated heterocycles. The second kappa shape index (κ2) is 9.85. The fraction of sp³-hybridized carbons (Fsp3) is 0.700. The molecule has 1 heterocycles. The van der Waals surface area contributed by atoms with Crippen LogP contribution in [-0.2, 0) is 23.5 Å². The largest absolute Gasteiger partial charge is 0.454 e. The highest BCUT2D eigenvalue weighted by atomic mass is 32.2. The number of likely N-dealkylation sites (tertiary alicyclic amines) is 1. The first kappa shape index (κ1) is 26.0. The number of imide groups is 1. The minimum absolute atomic E-state index is 0.0201. The minimum atomic E-state index is -2.13. The summed E-state index contributed by atoms with van der Waals surface area (Å²) in [6, 6.07) is -0.536. The average Bonchev–Trinajstić information content (AvgIpc) is 2.61. The topological polar surface area (TPSA) is 72.9 Å².